The third kappa shape index (κ3) is 3.28. The number of carboxylic acid groups (broad SMARTS) is 1. The zero-order chi connectivity index (χ0) is 15.0. The summed E-state index contributed by atoms with van der Waals surface area (Å²) in [4.78, 5) is 15.6. The Labute approximate surface area is 123 Å². The van der Waals surface area contributed by atoms with Crippen molar-refractivity contribution in [2.75, 3.05) is 19.6 Å². The van der Waals surface area contributed by atoms with Crippen molar-refractivity contribution in [3.8, 4) is 0 Å². The number of carbonyl (C=O) groups is 1. The summed E-state index contributed by atoms with van der Waals surface area (Å²) < 4.78 is 26.8. The molecule has 1 aliphatic carbocycles. The van der Waals surface area contributed by atoms with E-state index in [0.29, 0.717) is 12.5 Å². The van der Waals surface area contributed by atoms with Crippen molar-refractivity contribution in [2.45, 2.75) is 30.2 Å². The first-order valence-corrected chi connectivity index (χ1v) is 8.59. The van der Waals surface area contributed by atoms with Gasteiger partial charge in [-0.1, -0.05) is 0 Å². The summed E-state index contributed by atoms with van der Waals surface area (Å²) in [5.74, 6) is -0.842. The number of aromatic amines is 1. The number of aromatic carboxylic acids is 1. The van der Waals surface area contributed by atoms with Gasteiger partial charge in [-0.3, -0.25) is 0 Å². The van der Waals surface area contributed by atoms with E-state index in [1.54, 1.807) is 0 Å². The molecule has 1 unspecified atom stereocenters. The molecule has 2 heterocycles. The summed E-state index contributed by atoms with van der Waals surface area (Å²) in [7, 11) is -3.65. The van der Waals surface area contributed by atoms with E-state index < -0.39 is 16.0 Å². The largest absolute Gasteiger partial charge is 0.477 e. The van der Waals surface area contributed by atoms with Gasteiger partial charge in [0.2, 0.25) is 10.0 Å². The quantitative estimate of drug-likeness (QED) is 0.709. The maximum atomic E-state index is 12.1. The fourth-order valence-electron chi connectivity index (χ4n) is 2.76. The number of sulfonamides is 1. The summed E-state index contributed by atoms with van der Waals surface area (Å²) in [5, 5.41) is 8.80. The highest BCUT2D eigenvalue weighted by molar-refractivity contribution is 7.89. The second-order valence-electron chi connectivity index (χ2n) is 5.79. The van der Waals surface area contributed by atoms with Crippen LogP contribution in [0.5, 0.6) is 0 Å². The Morgan fingerprint density at radius 1 is 1.43 bits per heavy atom. The molecule has 21 heavy (non-hydrogen) atoms. The van der Waals surface area contributed by atoms with E-state index in [0.717, 1.165) is 31.6 Å². The second kappa shape index (κ2) is 5.43. The lowest BCUT2D eigenvalue weighted by Crippen LogP contribution is -2.31. The van der Waals surface area contributed by atoms with Crippen LogP contribution in [-0.4, -0.2) is 55.1 Å². The van der Waals surface area contributed by atoms with Gasteiger partial charge in [0.25, 0.3) is 0 Å². The average Bonchev–Trinajstić information content (AvgIpc) is 2.98. The molecule has 0 amide bonds. The number of likely N-dealkylation sites (tertiary alicyclic amines) is 1. The molecule has 1 aliphatic heterocycles. The van der Waals surface area contributed by atoms with Crippen LogP contribution in [0.25, 0.3) is 0 Å². The van der Waals surface area contributed by atoms with Gasteiger partial charge in [-0.05, 0) is 37.8 Å². The normalized spacial score (nSPS) is 23.5. The Morgan fingerprint density at radius 2 is 2.19 bits per heavy atom. The van der Waals surface area contributed by atoms with Crippen molar-refractivity contribution in [1.82, 2.24) is 14.6 Å². The fraction of sp³-hybridized carbons (Fsp3) is 0.615. The molecule has 2 aliphatic rings. The molecule has 1 saturated carbocycles. The van der Waals surface area contributed by atoms with Gasteiger partial charge in [-0.15, -0.1) is 0 Å². The molecule has 1 saturated heterocycles. The molecule has 116 valence electrons. The molecular weight excluding hydrogens is 294 g/mol. The molecule has 1 aromatic heterocycles. The van der Waals surface area contributed by atoms with Crippen LogP contribution in [0, 0.1) is 5.92 Å². The number of hydrogen-bond acceptors (Lipinski definition) is 4. The Kier molecular flexibility index (Phi) is 3.76. The van der Waals surface area contributed by atoms with Crippen molar-refractivity contribution in [1.29, 1.82) is 0 Å². The standard InChI is InChI=1S/C13H19N3O4S/c17-13(18)12-5-11(7-14-12)21(19,20)15-6-9-3-4-16(8-9)10-1-2-10/h5,7,9-10,14-15H,1-4,6,8H2,(H,17,18). The Balaban J connectivity index is 1.57. The second-order valence-corrected chi connectivity index (χ2v) is 7.55. The molecule has 3 N–H and O–H groups in total. The van der Waals surface area contributed by atoms with Crippen molar-refractivity contribution < 1.29 is 18.3 Å². The highest BCUT2D eigenvalue weighted by Crippen LogP contribution is 2.31. The SMILES string of the molecule is O=C(O)c1cc(S(=O)(=O)NCC2CCN(C3CC3)C2)c[nH]1. The van der Waals surface area contributed by atoms with Crippen LogP contribution in [0.4, 0.5) is 0 Å². The van der Waals surface area contributed by atoms with E-state index in [2.05, 4.69) is 14.6 Å². The zero-order valence-electron chi connectivity index (χ0n) is 11.6. The van der Waals surface area contributed by atoms with Crippen molar-refractivity contribution in [3.05, 3.63) is 18.0 Å². The molecule has 1 aromatic rings. The van der Waals surface area contributed by atoms with E-state index >= 15 is 0 Å². The number of carboxylic acids is 1. The third-order valence-electron chi connectivity index (χ3n) is 4.14. The topological polar surface area (TPSA) is 102 Å². The lowest BCUT2D eigenvalue weighted by molar-refractivity contribution is 0.0691. The lowest BCUT2D eigenvalue weighted by atomic mass is 10.1. The zero-order valence-corrected chi connectivity index (χ0v) is 12.4. The first kappa shape index (κ1) is 14.6. The van der Waals surface area contributed by atoms with E-state index in [9.17, 15) is 13.2 Å². The predicted molar refractivity (Wildman–Crippen MR) is 75.6 cm³/mol. The van der Waals surface area contributed by atoms with E-state index in [1.165, 1.54) is 19.0 Å². The molecule has 7 nitrogen and oxygen atoms in total. The van der Waals surface area contributed by atoms with Gasteiger partial charge in [0, 0.05) is 25.3 Å². The first-order chi connectivity index (χ1) is 9.95. The summed E-state index contributed by atoms with van der Waals surface area (Å²) in [6, 6.07) is 1.85. The molecule has 2 fully saturated rings. The summed E-state index contributed by atoms with van der Waals surface area (Å²) in [5.41, 5.74) is -0.129. The number of nitrogens with zero attached hydrogens (tertiary/aromatic N) is 1. The molecule has 0 aromatic carbocycles. The van der Waals surface area contributed by atoms with Crippen molar-refractivity contribution in [3.63, 3.8) is 0 Å². The van der Waals surface area contributed by atoms with E-state index in [-0.39, 0.29) is 10.6 Å². The summed E-state index contributed by atoms with van der Waals surface area (Å²) in [6.07, 6.45) is 4.74. The molecule has 0 radical (unpaired) electrons. The Hall–Kier alpha value is -1.38. The molecular formula is C13H19N3O4S. The number of H-pyrrole nitrogens is 1. The Morgan fingerprint density at radius 3 is 2.81 bits per heavy atom. The van der Waals surface area contributed by atoms with Crippen LogP contribution >= 0.6 is 0 Å². The molecule has 3 rings (SSSR count). The van der Waals surface area contributed by atoms with Gasteiger partial charge in [-0.2, -0.15) is 0 Å². The van der Waals surface area contributed by atoms with Crippen LogP contribution < -0.4 is 4.72 Å². The lowest BCUT2D eigenvalue weighted by Gasteiger charge is -2.15. The van der Waals surface area contributed by atoms with Gasteiger partial charge in [-0.25, -0.2) is 17.9 Å². The maximum absolute atomic E-state index is 12.1. The van der Waals surface area contributed by atoms with Crippen LogP contribution in [-0.2, 0) is 10.0 Å². The van der Waals surface area contributed by atoms with Crippen molar-refractivity contribution >= 4 is 16.0 Å². The predicted octanol–water partition coefficient (Wildman–Crippen LogP) is 0.475. The molecule has 0 spiro atoms. The highest BCUT2D eigenvalue weighted by atomic mass is 32.2. The van der Waals surface area contributed by atoms with E-state index in [1.807, 2.05) is 0 Å². The van der Waals surface area contributed by atoms with Crippen LogP contribution in [0.3, 0.4) is 0 Å². The monoisotopic (exact) mass is 313 g/mol. The van der Waals surface area contributed by atoms with Crippen LogP contribution in [0.1, 0.15) is 29.8 Å². The average molecular weight is 313 g/mol. The van der Waals surface area contributed by atoms with Crippen molar-refractivity contribution in [2.24, 2.45) is 5.92 Å². The minimum absolute atomic E-state index is 0.0306. The maximum Gasteiger partial charge on any atom is 0.352 e. The number of aromatic nitrogens is 1. The molecule has 1 atom stereocenters. The fourth-order valence-corrected chi connectivity index (χ4v) is 3.87. The van der Waals surface area contributed by atoms with Gasteiger partial charge < -0.3 is 15.0 Å². The van der Waals surface area contributed by atoms with Gasteiger partial charge in [0.1, 0.15) is 10.6 Å². The van der Waals surface area contributed by atoms with Gasteiger partial charge in [0.05, 0.1) is 0 Å². The van der Waals surface area contributed by atoms with Gasteiger partial charge in [0.15, 0.2) is 0 Å². The minimum Gasteiger partial charge on any atom is -0.477 e. The van der Waals surface area contributed by atoms with Gasteiger partial charge >= 0.3 is 5.97 Å². The number of rotatable bonds is 6. The van der Waals surface area contributed by atoms with Crippen LogP contribution in [0.2, 0.25) is 0 Å². The number of hydrogen-bond donors (Lipinski definition) is 3. The minimum atomic E-state index is -3.65. The Bertz CT molecular complexity index is 636. The highest BCUT2D eigenvalue weighted by Gasteiger charge is 2.34. The summed E-state index contributed by atoms with van der Waals surface area (Å²) >= 11 is 0. The smallest absolute Gasteiger partial charge is 0.352 e. The number of nitrogens with one attached hydrogen (secondary N) is 2. The van der Waals surface area contributed by atoms with Crippen LogP contribution in [0.15, 0.2) is 17.2 Å². The first-order valence-electron chi connectivity index (χ1n) is 7.11. The van der Waals surface area contributed by atoms with E-state index in [4.69, 9.17) is 5.11 Å². The molecule has 8 heteroatoms. The third-order valence-corrected chi connectivity index (χ3v) is 5.54. The molecule has 0 bridgehead atoms. The summed E-state index contributed by atoms with van der Waals surface area (Å²) in [6.45, 7) is 2.39.